The normalized spacial score (nSPS) is 12.4. The zero-order valence-corrected chi connectivity index (χ0v) is 13.0. The first kappa shape index (κ1) is 14.7. The maximum Gasteiger partial charge on any atom is 0.0679 e. The zero-order chi connectivity index (χ0) is 14.7. The first-order valence-corrected chi connectivity index (χ1v) is 7.15. The summed E-state index contributed by atoms with van der Waals surface area (Å²) < 4.78 is 0. The summed E-state index contributed by atoms with van der Waals surface area (Å²) in [5, 5.41) is 12.0. The van der Waals surface area contributed by atoms with Crippen LogP contribution < -0.4 is 5.32 Å². The average molecular weight is 269 g/mol. The van der Waals surface area contributed by atoms with Gasteiger partial charge in [0.15, 0.2) is 0 Å². The summed E-state index contributed by atoms with van der Waals surface area (Å²) in [6, 6.07) is 8.78. The van der Waals surface area contributed by atoms with E-state index in [0.717, 1.165) is 17.8 Å². The molecule has 0 aliphatic heterocycles. The highest BCUT2D eigenvalue weighted by Crippen LogP contribution is 2.28. The van der Waals surface area contributed by atoms with Crippen LogP contribution in [-0.4, -0.2) is 17.2 Å². The Morgan fingerprint density at radius 1 is 1.10 bits per heavy atom. The van der Waals surface area contributed by atoms with Crippen molar-refractivity contribution in [3.8, 4) is 0 Å². The third-order valence-electron chi connectivity index (χ3n) is 3.92. The third kappa shape index (κ3) is 2.73. The summed E-state index contributed by atoms with van der Waals surface area (Å²) in [5.74, 6) is 0. The molecule has 2 rings (SSSR count). The lowest BCUT2D eigenvalue weighted by molar-refractivity contribution is 0.665. The highest BCUT2D eigenvalue weighted by molar-refractivity contribution is 5.42. The molecular weight excluding hydrogens is 246 g/mol. The molecule has 3 heteroatoms. The summed E-state index contributed by atoms with van der Waals surface area (Å²) in [6.07, 6.45) is 0.895. The maximum absolute atomic E-state index is 4.35. The zero-order valence-electron chi connectivity index (χ0n) is 13.0. The number of benzene rings is 1. The van der Waals surface area contributed by atoms with Gasteiger partial charge in [0, 0.05) is 0 Å². The van der Waals surface area contributed by atoms with Gasteiger partial charge in [-0.3, -0.25) is 0 Å². The van der Waals surface area contributed by atoms with Gasteiger partial charge < -0.3 is 5.32 Å². The van der Waals surface area contributed by atoms with Gasteiger partial charge in [-0.15, -0.1) is 0 Å². The summed E-state index contributed by atoms with van der Waals surface area (Å²) >= 11 is 0. The topological polar surface area (TPSA) is 37.8 Å². The number of aromatic nitrogens is 2. The first-order chi connectivity index (χ1) is 9.58. The van der Waals surface area contributed by atoms with Crippen molar-refractivity contribution in [3.63, 3.8) is 0 Å². The molecule has 1 N–H and O–H groups in total. The van der Waals surface area contributed by atoms with Crippen LogP contribution in [0.1, 0.15) is 46.6 Å². The molecule has 2 aromatic rings. The van der Waals surface area contributed by atoms with Crippen LogP contribution in [0.4, 0.5) is 0 Å². The molecule has 1 heterocycles. The van der Waals surface area contributed by atoms with Crippen molar-refractivity contribution >= 4 is 0 Å². The van der Waals surface area contributed by atoms with Crippen LogP contribution in [0.5, 0.6) is 0 Å². The molecule has 1 atom stereocenters. The number of nitrogens with zero attached hydrogens (tertiary/aromatic N) is 2. The van der Waals surface area contributed by atoms with Crippen LogP contribution in [-0.2, 0) is 6.42 Å². The Morgan fingerprint density at radius 3 is 2.50 bits per heavy atom. The number of rotatable bonds is 4. The van der Waals surface area contributed by atoms with E-state index in [1.54, 1.807) is 0 Å². The summed E-state index contributed by atoms with van der Waals surface area (Å²) in [7, 11) is 2.00. The van der Waals surface area contributed by atoms with Crippen molar-refractivity contribution in [1.82, 2.24) is 15.5 Å². The number of hydrogen-bond donors (Lipinski definition) is 1. The fourth-order valence-electron chi connectivity index (χ4n) is 2.62. The average Bonchev–Trinajstić information content (AvgIpc) is 2.44. The molecule has 0 bridgehead atoms. The van der Waals surface area contributed by atoms with Gasteiger partial charge in [-0.2, -0.15) is 10.2 Å². The minimum Gasteiger partial charge on any atom is -0.309 e. The SMILES string of the molecule is CCc1nnc(C)cc1C(NC)c1cccc(C)c1C. The van der Waals surface area contributed by atoms with E-state index < -0.39 is 0 Å². The van der Waals surface area contributed by atoms with E-state index in [-0.39, 0.29) is 6.04 Å². The van der Waals surface area contributed by atoms with E-state index in [9.17, 15) is 0 Å². The summed E-state index contributed by atoms with van der Waals surface area (Å²) in [6.45, 7) is 8.45. The van der Waals surface area contributed by atoms with E-state index in [1.165, 1.54) is 22.3 Å². The second-order valence-electron chi connectivity index (χ2n) is 5.25. The van der Waals surface area contributed by atoms with Crippen LogP contribution in [0.25, 0.3) is 0 Å². The lowest BCUT2D eigenvalue weighted by Gasteiger charge is -2.22. The van der Waals surface area contributed by atoms with Crippen LogP contribution in [0.3, 0.4) is 0 Å². The van der Waals surface area contributed by atoms with Crippen molar-refractivity contribution in [2.24, 2.45) is 0 Å². The highest BCUT2D eigenvalue weighted by atomic mass is 15.1. The van der Waals surface area contributed by atoms with Gasteiger partial charge in [0.25, 0.3) is 0 Å². The number of aryl methyl sites for hydroxylation is 3. The van der Waals surface area contributed by atoms with E-state index in [2.05, 4.69) is 60.6 Å². The van der Waals surface area contributed by atoms with E-state index in [4.69, 9.17) is 0 Å². The third-order valence-corrected chi connectivity index (χ3v) is 3.92. The Kier molecular flexibility index (Phi) is 4.50. The smallest absolute Gasteiger partial charge is 0.0679 e. The molecule has 106 valence electrons. The van der Waals surface area contributed by atoms with Crippen molar-refractivity contribution in [2.75, 3.05) is 7.05 Å². The van der Waals surface area contributed by atoms with E-state index in [0.29, 0.717) is 0 Å². The van der Waals surface area contributed by atoms with E-state index in [1.807, 2.05) is 14.0 Å². The number of nitrogens with one attached hydrogen (secondary N) is 1. The molecular formula is C17H23N3. The number of hydrogen-bond acceptors (Lipinski definition) is 3. The van der Waals surface area contributed by atoms with Crippen molar-refractivity contribution in [3.05, 3.63) is 57.9 Å². The van der Waals surface area contributed by atoms with Crippen molar-refractivity contribution in [1.29, 1.82) is 0 Å². The van der Waals surface area contributed by atoms with Gasteiger partial charge in [-0.25, -0.2) is 0 Å². The molecule has 0 aliphatic rings. The van der Waals surface area contributed by atoms with Gasteiger partial charge in [-0.05, 0) is 62.6 Å². The molecule has 0 aliphatic carbocycles. The molecule has 1 unspecified atom stereocenters. The standard InChI is InChI=1S/C17H23N3/c1-6-16-15(10-12(3)19-20-16)17(18-5)14-9-7-8-11(2)13(14)4/h7-10,17-18H,6H2,1-5H3. The molecule has 0 saturated heterocycles. The Balaban J connectivity index is 2.58. The molecule has 3 nitrogen and oxygen atoms in total. The molecule has 1 aromatic carbocycles. The maximum atomic E-state index is 4.35. The Bertz CT molecular complexity index is 605. The molecule has 0 amide bonds. The van der Waals surface area contributed by atoms with Crippen LogP contribution in [0.15, 0.2) is 24.3 Å². The fourth-order valence-corrected chi connectivity index (χ4v) is 2.62. The minimum atomic E-state index is 0.166. The van der Waals surface area contributed by atoms with Crippen LogP contribution in [0.2, 0.25) is 0 Å². The van der Waals surface area contributed by atoms with Crippen molar-refractivity contribution < 1.29 is 0 Å². The predicted molar refractivity (Wildman–Crippen MR) is 83.0 cm³/mol. The van der Waals surface area contributed by atoms with E-state index >= 15 is 0 Å². The Morgan fingerprint density at radius 2 is 1.85 bits per heavy atom. The van der Waals surface area contributed by atoms with Crippen molar-refractivity contribution in [2.45, 2.75) is 40.2 Å². The Labute approximate surface area is 121 Å². The molecule has 1 aromatic heterocycles. The van der Waals surface area contributed by atoms with Gasteiger partial charge in [-0.1, -0.05) is 25.1 Å². The lowest BCUT2D eigenvalue weighted by atomic mass is 9.91. The highest BCUT2D eigenvalue weighted by Gasteiger charge is 2.19. The summed E-state index contributed by atoms with van der Waals surface area (Å²) in [4.78, 5) is 0. The second kappa shape index (κ2) is 6.14. The molecule has 0 fully saturated rings. The van der Waals surface area contributed by atoms with Gasteiger partial charge in [0.05, 0.1) is 17.4 Å². The monoisotopic (exact) mass is 269 g/mol. The van der Waals surface area contributed by atoms with Gasteiger partial charge in [0.2, 0.25) is 0 Å². The minimum absolute atomic E-state index is 0.166. The molecule has 20 heavy (non-hydrogen) atoms. The quantitative estimate of drug-likeness (QED) is 0.925. The predicted octanol–water partition coefficient (Wildman–Crippen LogP) is 3.27. The van der Waals surface area contributed by atoms with Gasteiger partial charge in [0.1, 0.15) is 0 Å². The van der Waals surface area contributed by atoms with Crippen LogP contribution >= 0.6 is 0 Å². The first-order valence-electron chi connectivity index (χ1n) is 7.15. The Hall–Kier alpha value is -1.74. The summed E-state index contributed by atoms with van der Waals surface area (Å²) in [5.41, 5.74) is 7.23. The second-order valence-corrected chi connectivity index (χ2v) is 5.25. The fraction of sp³-hybridized carbons (Fsp3) is 0.412. The lowest BCUT2D eigenvalue weighted by Crippen LogP contribution is -2.21. The largest absolute Gasteiger partial charge is 0.309 e. The molecule has 0 saturated carbocycles. The molecule has 0 spiro atoms. The molecule has 0 radical (unpaired) electrons. The van der Waals surface area contributed by atoms with Gasteiger partial charge >= 0.3 is 0 Å². The van der Waals surface area contributed by atoms with Crippen LogP contribution in [0, 0.1) is 20.8 Å².